The average molecular weight is 283 g/mol. The Morgan fingerprint density at radius 3 is 2.74 bits per heavy atom. The third-order valence-electron chi connectivity index (χ3n) is 3.37. The van der Waals surface area contributed by atoms with Gasteiger partial charge in [-0.2, -0.15) is 4.37 Å². The van der Waals surface area contributed by atoms with E-state index in [1.165, 1.54) is 11.5 Å². The molecule has 0 spiro atoms. The zero-order chi connectivity index (χ0) is 14.0. The highest BCUT2D eigenvalue weighted by atomic mass is 32.1. The normalized spacial score (nSPS) is 20.9. The van der Waals surface area contributed by atoms with Gasteiger partial charge < -0.3 is 4.90 Å². The summed E-state index contributed by atoms with van der Waals surface area (Å²) in [5, 5.41) is 3.38. The molecular formula is C12H21N5OS. The summed E-state index contributed by atoms with van der Waals surface area (Å²) in [7, 11) is 0. The van der Waals surface area contributed by atoms with E-state index in [-0.39, 0.29) is 6.03 Å². The largest absolute Gasteiger partial charge is 0.323 e. The maximum absolute atomic E-state index is 12.1. The standard InChI is InChI=1S/C12H21N5OS/c1-8(2)17-6-5-16(7-9(17)3)12(18)14-11-13-10(4)15-19-11/h8-9H,5-7H2,1-4H3,(H,13,14,15,18). The van der Waals surface area contributed by atoms with Crippen molar-refractivity contribution in [3.63, 3.8) is 0 Å². The van der Waals surface area contributed by atoms with Gasteiger partial charge in [-0.1, -0.05) is 0 Å². The molecule has 0 aliphatic carbocycles. The van der Waals surface area contributed by atoms with Crippen molar-refractivity contribution in [3.05, 3.63) is 5.82 Å². The topological polar surface area (TPSA) is 61.4 Å². The Hall–Kier alpha value is -1.21. The zero-order valence-electron chi connectivity index (χ0n) is 11.9. The number of amides is 2. The van der Waals surface area contributed by atoms with Crippen LogP contribution in [0.1, 0.15) is 26.6 Å². The van der Waals surface area contributed by atoms with Crippen LogP contribution in [0.2, 0.25) is 0 Å². The van der Waals surface area contributed by atoms with Crippen LogP contribution in [0.3, 0.4) is 0 Å². The Morgan fingerprint density at radius 1 is 1.47 bits per heavy atom. The van der Waals surface area contributed by atoms with E-state index in [1.807, 2.05) is 11.8 Å². The van der Waals surface area contributed by atoms with Crippen LogP contribution in [0.25, 0.3) is 0 Å². The number of carbonyl (C=O) groups is 1. The van der Waals surface area contributed by atoms with Crippen LogP contribution in [-0.4, -0.2) is 56.9 Å². The molecule has 106 valence electrons. The van der Waals surface area contributed by atoms with Crippen LogP contribution in [0.5, 0.6) is 0 Å². The highest BCUT2D eigenvalue weighted by molar-refractivity contribution is 7.09. The summed E-state index contributed by atoms with van der Waals surface area (Å²) in [6, 6.07) is 0.827. The lowest BCUT2D eigenvalue weighted by molar-refractivity contribution is 0.0789. The van der Waals surface area contributed by atoms with E-state index in [0.717, 1.165) is 19.6 Å². The number of hydrogen-bond donors (Lipinski definition) is 1. The third kappa shape index (κ3) is 3.42. The monoisotopic (exact) mass is 283 g/mol. The van der Waals surface area contributed by atoms with Crippen LogP contribution in [0.4, 0.5) is 9.93 Å². The third-order valence-corrected chi connectivity index (χ3v) is 4.09. The Kier molecular flexibility index (Phi) is 4.36. The first kappa shape index (κ1) is 14.2. The second kappa shape index (κ2) is 5.83. The molecule has 7 heteroatoms. The molecule has 0 aromatic carbocycles. The van der Waals surface area contributed by atoms with Gasteiger partial charge in [0.25, 0.3) is 0 Å². The summed E-state index contributed by atoms with van der Waals surface area (Å²) in [5.74, 6) is 0.693. The molecule has 0 radical (unpaired) electrons. The van der Waals surface area contributed by atoms with E-state index >= 15 is 0 Å². The van der Waals surface area contributed by atoms with Crippen molar-refractivity contribution in [2.24, 2.45) is 0 Å². The summed E-state index contributed by atoms with van der Waals surface area (Å²) in [6.45, 7) is 10.8. The Morgan fingerprint density at radius 2 is 2.21 bits per heavy atom. The molecule has 19 heavy (non-hydrogen) atoms. The highest BCUT2D eigenvalue weighted by Crippen LogP contribution is 2.15. The lowest BCUT2D eigenvalue weighted by atomic mass is 10.1. The number of aryl methyl sites for hydroxylation is 1. The van der Waals surface area contributed by atoms with Crippen molar-refractivity contribution in [3.8, 4) is 0 Å². The van der Waals surface area contributed by atoms with E-state index in [9.17, 15) is 4.79 Å². The van der Waals surface area contributed by atoms with E-state index in [4.69, 9.17) is 0 Å². The van der Waals surface area contributed by atoms with Crippen LogP contribution >= 0.6 is 11.5 Å². The minimum absolute atomic E-state index is 0.0774. The van der Waals surface area contributed by atoms with Crippen LogP contribution in [-0.2, 0) is 0 Å². The Labute approximate surface area is 118 Å². The number of aromatic nitrogens is 2. The molecule has 1 saturated heterocycles. The maximum atomic E-state index is 12.1. The molecule has 0 saturated carbocycles. The van der Waals surface area contributed by atoms with Crippen molar-refractivity contribution in [1.29, 1.82) is 0 Å². The number of nitrogens with zero attached hydrogens (tertiary/aromatic N) is 4. The van der Waals surface area contributed by atoms with Crippen molar-refractivity contribution in [1.82, 2.24) is 19.2 Å². The maximum Gasteiger partial charge on any atom is 0.323 e. The number of anilines is 1. The number of carbonyl (C=O) groups excluding carboxylic acids is 1. The van der Waals surface area contributed by atoms with Crippen LogP contribution < -0.4 is 5.32 Å². The van der Waals surface area contributed by atoms with Gasteiger partial charge in [-0.15, -0.1) is 0 Å². The van der Waals surface area contributed by atoms with Gasteiger partial charge in [0.15, 0.2) is 0 Å². The van der Waals surface area contributed by atoms with Crippen LogP contribution in [0, 0.1) is 6.92 Å². The first-order chi connectivity index (χ1) is 8.97. The fraction of sp³-hybridized carbons (Fsp3) is 0.750. The predicted molar refractivity (Wildman–Crippen MR) is 76.5 cm³/mol. The fourth-order valence-corrected chi connectivity index (χ4v) is 3.01. The molecule has 1 unspecified atom stereocenters. The van der Waals surface area contributed by atoms with Gasteiger partial charge in [0.1, 0.15) is 5.82 Å². The van der Waals surface area contributed by atoms with Gasteiger partial charge in [0.05, 0.1) is 0 Å². The molecule has 1 aliphatic rings. The minimum atomic E-state index is -0.0774. The summed E-state index contributed by atoms with van der Waals surface area (Å²) in [4.78, 5) is 20.5. The van der Waals surface area contributed by atoms with Gasteiger partial charge in [-0.05, 0) is 27.7 Å². The Bertz CT molecular complexity index is 447. The van der Waals surface area contributed by atoms with E-state index in [1.54, 1.807) is 0 Å². The number of hydrogen-bond acceptors (Lipinski definition) is 5. The fourth-order valence-electron chi connectivity index (χ4n) is 2.44. The lowest BCUT2D eigenvalue weighted by Crippen LogP contribution is -2.56. The summed E-state index contributed by atoms with van der Waals surface area (Å²) >= 11 is 1.22. The van der Waals surface area contributed by atoms with E-state index < -0.39 is 0 Å². The second-order valence-electron chi connectivity index (χ2n) is 5.20. The molecule has 1 N–H and O–H groups in total. The molecule has 2 amide bonds. The van der Waals surface area contributed by atoms with Gasteiger partial charge in [-0.3, -0.25) is 10.2 Å². The minimum Gasteiger partial charge on any atom is -0.322 e. The highest BCUT2D eigenvalue weighted by Gasteiger charge is 2.28. The molecule has 1 aromatic rings. The van der Waals surface area contributed by atoms with Crippen LogP contribution in [0.15, 0.2) is 0 Å². The quantitative estimate of drug-likeness (QED) is 0.899. The van der Waals surface area contributed by atoms with Gasteiger partial charge >= 0.3 is 6.03 Å². The molecule has 1 aliphatic heterocycles. The molecule has 1 fully saturated rings. The molecule has 1 aromatic heterocycles. The van der Waals surface area contributed by atoms with Crippen molar-refractivity contribution in [2.45, 2.75) is 39.8 Å². The van der Waals surface area contributed by atoms with Crippen molar-refractivity contribution < 1.29 is 4.79 Å². The zero-order valence-corrected chi connectivity index (χ0v) is 12.7. The number of rotatable bonds is 2. The molecule has 2 rings (SSSR count). The van der Waals surface area contributed by atoms with Gasteiger partial charge in [0, 0.05) is 43.3 Å². The first-order valence-electron chi connectivity index (χ1n) is 6.59. The SMILES string of the molecule is Cc1nsc(NC(=O)N2CCN(C(C)C)C(C)C2)n1. The number of nitrogens with one attached hydrogen (secondary N) is 1. The molecule has 6 nitrogen and oxygen atoms in total. The van der Waals surface area contributed by atoms with Crippen molar-refractivity contribution >= 4 is 22.7 Å². The lowest BCUT2D eigenvalue weighted by Gasteiger charge is -2.41. The first-order valence-corrected chi connectivity index (χ1v) is 7.36. The number of piperazine rings is 1. The second-order valence-corrected chi connectivity index (χ2v) is 5.96. The molecular weight excluding hydrogens is 262 g/mol. The van der Waals surface area contributed by atoms with E-state index in [2.05, 4.69) is 40.3 Å². The molecule has 2 heterocycles. The average Bonchev–Trinajstić information content (AvgIpc) is 2.74. The summed E-state index contributed by atoms with van der Waals surface area (Å²) in [5.41, 5.74) is 0. The predicted octanol–water partition coefficient (Wildman–Crippen LogP) is 1.79. The van der Waals surface area contributed by atoms with Crippen molar-refractivity contribution in [2.75, 3.05) is 25.0 Å². The van der Waals surface area contributed by atoms with Gasteiger partial charge in [0.2, 0.25) is 5.13 Å². The molecule has 1 atom stereocenters. The van der Waals surface area contributed by atoms with Gasteiger partial charge in [-0.25, -0.2) is 9.78 Å². The summed E-state index contributed by atoms with van der Waals surface area (Å²) < 4.78 is 4.05. The molecule has 0 bridgehead atoms. The number of urea groups is 1. The summed E-state index contributed by atoms with van der Waals surface area (Å²) in [6.07, 6.45) is 0. The van der Waals surface area contributed by atoms with E-state index in [0.29, 0.717) is 23.0 Å². The smallest absolute Gasteiger partial charge is 0.322 e. The Balaban J connectivity index is 1.91.